The SMILES string of the molecule is C.C.CC(C)N=C=S.CC(C)NC(=S)Nc1ccc(-c2ncc(-c3ccc(N(C)C(=O)N(C)Cc4ccccc4)cc3S(=O)(=O)NC(C)(C)C)s2)cc1.CN(Cc1ccccc1)C(=O)N(C)c1ccc(-c2cnc(-c3ccc(N)cc3)s2)c(S(=O)(=O)NC(C)(C)C)c1. The van der Waals surface area contributed by atoms with Gasteiger partial charge in [-0.25, -0.2) is 50.8 Å². The quantitative estimate of drug-likeness (QED) is 0.0325. The van der Waals surface area contributed by atoms with Crippen molar-refractivity contribution in [2.45, 2.75) is 130 Å². The molecule has 0 radical (unpaired) electrons. The predicted molar refractivity (Wildman–Crippen MR) is 392 cm³/mol. The number of nitrogens with one attached hydrogen (secondary N) is 4. The van der Waals surface area contributed by atoms with Gasteiger partial charge in [0, 0.05) is 116 Å². The molecule has 0 saturated carbocycles. The van der Waals surface area contributed by atoms with Gasteiger partial charge in [0.1, 0.15) is 10.0 Å². The van der Waals surface area contributed by atoms with Gasteiger partial charge in [-0.15, -0.1) is 22.7 Å². The lowest BCUT2D eigenvalue weighted by Gasteiger charge is -2.26. The Labute approximate surface area is 564 Å². The fourth-order valence-corrected chi connectivity index (χ4v) is 14.6. The molecule has 0 aliphatic rings. The maximum absolute atomic E-state index is 13.8. The third-order valence-electron chi connectivity index (χ3n) is 12.7. The van der Waals surface area contributed by atoms with E-state index in [-0.39, 0.29) is 42.7 Å². The van der Waals surface area contributed by atoms with Crippen LogP contribution in [0, 0.1) is 0 Å². The second-order valence-electron chi connectivity index (χ2n) is 23.8. The van der Waals surface area contributed by atoms with Crippen LogP contribution in [0.1, 0.15) is 95.2 Å². The van der Waals surface area contributed by atoms with Gasteiger partial charge in [-0.1, -0.05) is 87.6 Å². The molecule has 492 valence electrons. The van der Waals surface area contributed by atoms with Crippen LogP contribution in [0.3, 0.4) is 0 Å². The number of carbonyl (C=O) groups excluding carboxylic acids is 2. The number of carbonyl (C=O) groups is 2. The van der Waals surface area contributed by atoms with Gasteiger partial charge in [0.25, 0.3) is 0 Å². The van der Waals surface area contributed by atoms with Gasteiger partial charge in [0.05, 0.1) is 30.7 Å². The molecule has 0 saturated heterocycles. The largest absolute Gasteiger partial charge is 0.399 e. The number of thiazole rings is 2. The summed E-state index contributed by atoms with van der Waals surface area (Å²) in [5.74, 6) is 0. The maximum atomic E-state index is 13.8. The number of nitrogen functional groups attached to an aromatic ring is 1. The summed E-state index contributed by atoms with van der Waals surface area (Å²) >= 11 is 12.4. The molecule has 8 rings (SSSR count). The Hall–Kier alpha value is -7.77. The average molecular weight is 1360 g/mol. The van der Waals surface area contributed by atoms with E-state index in [1.54, 1.807) is 140 Å². The number of nitrogens with zero attached hydrogens (tertiary/aromatic N) is 7. The van der Waals surface area contributed by atoms with E-state index in [4.69, 9.17) is 18.0 Å². The highest BCUT2D eigenvalue weighted by atomic mass is 32.2. The number of hydrogen-bond acceptors (Lipinski definition) is 14. The van der Waals surface area contributed by atoms with Gasteiger partial charge in [-0.05, 0) is 178 Å². The number of anilines is 4. The Balaban J connectivity index is 0.000000356. The predicted octanol–water partition coefficient (Wildman–Crippen LogP) is 15.5. The van der Waals surface area contributed by atoms with Crippen LogP contribution in [-0.4, -0.2) is 110 Å². The molecule has 0 bridgehead atoms. The van der Waals surface area contributed by atoms with E-state index in [1.807, 2.05) is 125 Å². The van der Waals surface area contributed by atoms with Crippen molar-refractivity contribution < 1.29 is 26.4 Å². The molecule has 2 aromatic heterocycles. The molecular weight excluding hydrogens is 1270 g/mol. The van der Waals surface area contributed by atoms with Crippen molar-refractivity contribution in [1.29, 1.82) is 0 Å². The van der Waals surface area contributed by atoms with Crippen molar-refractivity contribution in [2.75, 3.05) is 49.0 Å². The number of sulfonamides is 2. The molecule has 0 spiro atoms. The van der Waals surface area contributed by atoms with Crippen LogP contribution in [0.25, 0.3) is 42.0 Å². The molecule has 8 aromatic rings. The molecule has 18 nitrogen and oxygen atoms in total. The van der Waals surface area contributed by atoms with Crippen LogP contribution in [0.5, 0.6) is 0 Å². The van der Waals surface area contributed by atoms with E-state index in [0.717, 1.165) is 38.0 Å². The smallest absolute Gasteiger partial charge is 0.324 e. The van der Waals surface area contributed by atoms with Gasteiger partial charge in [-0.2, -0.15) is 0 Å². The topological polar surface area (TPSA) is 228 Å². The number of aliphatic imine (C=N–C) groups is 1. The number of urea groups is 2. The molecule has 24 heteroatoms. The fourth-order valence-electron chi connectivity index (χ4n) is 8.71. The van der Waals surface area contributed by atoms with Gasteiger partial charge >= 0.3 is 12.1 Å². The second-order valence-corrected chi connectivity index (χ2v) is 29.7. The van der Waals surface area contributed by atoms with Crippen LogP contribution in [0.2, 0.25) is 0 Å². The molecule has 6 N–H and O–H groups in total. The zero-order valence-corrected chi connectivity index (χ0v) is 58.1. The zero-order chi connectivity index (χ0) is 66.3. The maximum Gasteiger partial charge on any atom is 0.324 e. The summed E-state index contributed by atoms with van der Waals surface area (Å²) in [5.41, 5.74) is 11.6. The highest BCUT2D eigenvalue weighted by Crippen LogP contribution is 2.40. The normalized spacial score (nSPS) is 11.3. The lowest BCUT2D eigenvalue weighted by atomic mass is 10.1. The minimum Gasteiger partial charge on any atom is -0.399 e. The van der Waals surface area contributed by atoms with E-state index in [1.165, 1.54) is 32.5 Å². The van der Waals surface area contributed by atoms with Gasteiger partial charge in [0.15, 0.2) is 5.11 Å². The molecule has 0 atom stereocenters. The van der Waals surface area contributed by atoms with Crippen LogP contribution >= 0.6 is 47.1 Å². The summed E-state index contributed by atoms with van der Waals surface area (Å²) in [4.78, 5) is 47.0. The molecule has 0 fully saturated rings. The van der Waals surface area contributed by atoms with E-state index in [2.05, 4.69) is 52.4 Å². The first kappa shape index (κ1) is 76.7. The molecule has 0 aliphatic carbocycles. The van der Waals surface area contributed by atoms with Crippen molar-refractivity contribution in [3.8, 4) is 42.0 Å². The highest BCUT2D eigenvalue weighted by Gasteiger charge is 2.30. The molecule has 0 aliphatic heterocycles. The van der Waals surface area contributed by atoms with Gasteiger partial charge in [-0.3, -0.25) is 9.80 Å². The Morgan fingerprint density at radius 3 is 1.32 bits per heavy atom. The highest BCUT2D eigenvalue weighted by molar-refractivity contribution is 7.90. The number of aromatic nitrogens is 2. The van der Waals surface area contributed by atoms with Gasteiger partial charge < -0.3 is 26.2 Å². The van der Waals surface area contributed by atoms with Crippen LogP contribution < -0.4 is 35.6 Å². The van der Waals surface area contributed by atoms with E-state index >= 15 is 0 Å². The Kier molecular flexibility index (Phi) is 28.1. The standard InChI is InChI=1S/C33H40N6O3S3.C29H33N5O3S2.C4H7NS.2CH4/c1-22(2)35-31(43)36-25-15-13-24(14-16-25)30-34-20-28(44-30)27-18-17-26(19-29(27)45(41,42)37-33(3,4)5)39(7)32(40)38(6)21-23-11-9-8-10-12-23;1-29(2,3)32-39(36,37)26-17-23(34(5)28(35)33(4)19-20-9-7-6-8-10-20)15-16-24(26)25-18-31-27(38-25)21-11-13-22(30)14-12-21;1-4(2)5-3-6;;/h8-20,22,37H,21H2,1-7H3,(H2,35,36,43);6-18,32H,19,30H2,1-5H3;4H,1-2H3;2*1H4. The minimum atomic E-state index is -3.98. The lowest BCUT2D eigenvalue weighted by molar-refractivity contribution is 0.214. The summed E-state index contributed by atoms with van der Waals surface area (Å²) in [6.45, 7) is 19.5. The summed E-state index contributed by atoms with van der Waals surface area (Å²) in [6, 6.07) is 44.5. The summed E-state index contributed by atoms with van der Waals surface area (Å²) in [7, 11) is -1.21. The van der Waals surface area contributed by atoms with Crippen LogP contribution in [-0.2, 0) is 33.1 Å². The minimum absolute atomic E-state index is 0. The van der Waals surface area contributed by atoms with Crippen molar-refractivity contribution in [3.05, 3.63) is 169 Å². The third-order valence-corrected chi connectivity index (χ3v) is 18.8. The van der Waals surface area contributed by atoms with Crippen LogP contribution in [0.15, 0.2) is 173 Å². The van der Waals surface area contributed by atoms with E-state index < -0.39 is 31.1 Å². The molecular formula is C68H88N12O6S6. The van der Waals surface area contributed by atoms with E-state index in [9.17, 15) is 26.4 Å². The second kappa shape index (κ2) is 33.7. The van der Waals surface area contributed by atoms with Crippen molar-refractivity contribution in [1.82, 2.24) is 34.5 Å². The fraction of sp³-hybridized carbons (Fsp3) is 0.324. The third kappa shape index (κ3) is 22.5. The first-order chi connectivity index (χ1) is 42.2. The Bertz CT molecular complexity index is 4010. The number of amides is 4. The van der Waals surface area contributed by atoms with E-state index in [0.29, 0.717) is 62.2 Å². The lowest BCUT2D eigenvalue weighted by Crippen LogP contribution is -2.41. The molecule has 92 heavy (non-hydrogen) atoms. The number of thiocarbonyl (C=S) groups is 2. The monoisotopic (exact) mass is 1360 g/mol. The Morgan fingerprint density at radius 1 is 0.598 bits per heavy atom. The summed E-state index contributed by atoms with van der Waals surface area (Å²) < 4.78 is 60.3. The number of benzene rings is 6. The van der Waals surface area contributed by atoms with Crippen molar-refractivity contribution in [3.63, 3.8) is 0 Å². The average Bonchev–Trinajstić information content (AvgIpc) is 1.44. The number of rotatable bonds is 17. The van der Waals surface area contributed by atoms with Crippen molar-refractivity contribution in [2.24, 2.45) is 4.99 Å². The number of hydrogen-bond donors (Lipinski definition) is 5. The number of nitrogens with two attached hydrogens (primary N) is 1. The van der Waals surface area contributed by atoms with Crippen LogP contribution in [0.4, 0.5) is 32.3 Å². The molecule has 0 unspecified atom stereocenters. The first-order valence-corrected chi connectivity index (χ1v) is 34.1. The Morgan fingerprint density at radius 2 is 0.978 bits per heavy atom. The first-order valence-electron chi connectivity index (χ1n) is 28.7. The molecule has 2 heterocycles. The molecule has 6 aromatic carbocycles. The van der Waals surface area contributed by atoms with Crippen molar-refractivity contribution >= 4 is 112 Å². The van der Waals surface area contributed by atoms with Gasteiger partial charge in [0.2, 0.25) is 20.0 Å². The summed E-state index contributed by atoms with van der Waals surface area (Å²) in [5, 5.41) is 10.6. The number of isothiocyanates is 1. The summed E-state index contributed by atoms with van der Waals surface area (Å²) in [6.07, 6.45) is 3.35. The zero-order valence-electron chi connectivity index (χ0n) is 53.2. The molecule has 4 amide bonds.